The summed E-state index contributed by atoms with van der Waals surface area (Å²) in [5, 5.41) is 23.5. The third kappa shape index (κ3) is 4.16. The van der Waals surface area contributed by atoms with E-state index in [1.165, 1.54) is 0 Å². The smallest absolute Gasteiger partial charge is 0.123 e. The average Bonchev–Trinajstić information content (AvgIpc) is 2.33. The molecule has 0 saturated carbocycles. The Kier molecular flexibility index (Phi) is 5.93. The molecule has 0 spiro atoms. The van der Waals surface area contributed by atoms with Gasteiger partial charge in [-0.05, 0) is 30.5 Å². The summed E-state index contributed by atoms with van der Waals surface area (Å²) in [5.41, 5.74) is 1.53. The van der Waals surface area contributed by atoms with Crippen molar-refractivity contribution in [3.8, 4) is 5.75 Å². The van der Waals surface area contributed by atoms with E-state index in [-0.39, 0.29) is 17.8 Å². The van der Waals surface area contributed by atoms with Gasteiger partial charge in [-0.1, -0.05) is 31.9 Å². The molecule has 1 aromatic rings. The second kappa shape index (κ2) is 6.98. The number of phenolic OH excluding ortho intramolecular Hbond substituents is 1. The highest BCUT2D eigenvalue weighted by atomic mass is 35.5. The molecule has 0 bridgehead atoms. The number of rotatable bonds is 6. The van der Waals surface area contributed by atoms with E-state index >= 15 is 0 Å². The standard InChI is InChI=1S/C14H22ClNO2/c1-4-9(2)13(17)8-16-7-11-6-12(15)5-10(3)14(11)18/h5-6,9,13,16-18H,4,7-8H2,1-3H3. The lowest BCUT2D eigenvalue weighted by Crippen LogP contribution is -2.31. The lowest BCUT2D eigenvalue weighted by atomic mass is 10.0. The molecule has 0 aliphatic carbocycles. The van der Waals surface area contributed by atoms with Gasteiger partial charge < -0.3 is 15.5 Å². The lowest BCUT2D eigenvalue weighted by Gasteiger charge is -2.18. The summed E-state index contributed by atoms with van der Waals surface area (Å²) in [6.45, 7) is 6.91. The minimum Gasteiger partial charge on any atom is -0.507 e. The van der Waals surface area contributed by atoms with Gasteiger partial charge in [0.2, 0.25) is 0 Å². The van der Waals surface area contributed by atoms with Crippen molar-refractivity contribution >= 4 is 11.6 Å². The Morgan fingerprint density at radius 2 is 2.06 bits per heavy atom. The quantitative estimate of drug-likeness (QED) is 0.746. The van der Waals surface area contributed by atoms with Gasteiger partial charge in [-0.15, -0.1) is 0 Å². The topological polar surface area (TPSA) is 52.5 Å². The molecule has 0 aliphatic rings. The van der Waals surface area contributed by atoms with E-state index in [4.69, 9.17) is 11.6 Å². The third-order valence-corrected chi connectivity index (χ3v) is 3.53. The Bertz CT molecular complexity index is 396. The summed E-state index contributed by atoms with van der Waals surface area (Å²) < 4.78 is 0. The molecule has 1 rings (SSSR count). The minimum absolute atomic E-state index is 0.268. The molecule has 3 N–H and O–H groups in total. The molecule has 4 heteroatoms. The van der Waals surface area contributed by atoms with Gasteiger partial charge in [0.25, 0.3) is 0 Å². The fraction of sp³-hybridized carbons (Fsp3) is 0.571. The van der Waals surface area contributed by atoms with Crippen LogP contribution in [0.4, 0.5) is 0 Å². The van der Waals surface area contributed by atoms with E-state index in [9.17, 15) is 10.2 Å². The largest absolute Gasteiger partial charge is 0.507 e. The first-order chi connectivity index (χ1) is 8.45. The first-order valence-electron chi connectivity index (χ1n) is 6.32. The second-order valence-electron chi connectivity index (χ2n) is 4.81. The predicted octanol–water partition coefficient (Wildman–Crippen LogP) is 2.85. The number of benzene rings is 1. The van der Waals surface area contributed by atoms with E-state index in [1.54, 1.807) is 12.1 Å². The Labute approximate surface area is 114 Å². The fourth-order valence-corrected chi connectivity index (χ4v) is 2.06. The highest BCUT2D eigenvalue weighted by molar-refractivity contribution is 6.30. The van der Waals surface area contributed by atoms with Crippen molar-refractivity contribution in [1.82, 2.24) is 5.32 Å². The van der Waals surface area contributed by atoms with Crippen LogP contribution in [0.2, 0.25) is 5.02 Å². The van der Waals surface area contributed by atoms with Crippen LogP contribution < -0.4 is 5.32 Å². The van der Waals surface area contributed by atoms with Crippen LogP contribution in [0.5, 0.6) is 5.75 Å². The molecule has 1 aromatic carbocycles. The van der Waals surface area contributed by atoms with Crippen LogP contribution in [0, 0.1) is 12.8 Å². The van der Waals surface area contributed by atoms with Crippen molar-refractivity contribution in [3.05, 3.63) is 28.3 Å². The number of phenols is 1. The SMILES string of the molecule is CCC(C)C(O)CNCc1cc(Cl)cc(C)c1O. The maximum Gasteiger partial charge on any atom is 0.123 e. The lowest BCUT2D eigenvalue weighted by molar-refractivity contribution is 0.112. The van der Waals surface area contributed by atoms with E-state index in [0.717, 1.165) is 17.5 Å². The van der Waals surface area contributed by atoms with Gasteiger partial charge >= 0.3 is 0 Å². The Morgan fingerprint density at radius 1 is 1.39 bits per heavy atom. The number of aromatic hydroxyl groups is 1. The van der Waals surface area contributed by atoms with Crippen molar-refractivity contribution in [1.29, 1.82) is 0 Å². The zero-order chi connectivity index (χ0) is 13.7. The van der Waals surface area contributed by atoms with Gasteiger partial charge in [-0.25, -0.2) is 0 Å². The Morgan fingerprint density at radius 3 is 2.67 bits per heavy atom. The molecule has 0 aliphatic heterocycles. The number of halogens is 1. The van der Waals surface area contributed by atoms with E-state index < -0.39 is 0 Å². The Hall–Kier alpha value is -0.770. The van der Waals surface area contributed by atoms with Gasteiger partial charge in [-0.2, -0.15) is 0 Å². The molecule has 102 valence electrons. The molecule has 0 fully saturated rings. The van der Waals surface area contributed by atoms with Crippen molar-refractivity contribution in [2.24, 2.45) is 5.92 Å². The molecule has 0 aromatic heterocycles. The van der Waals surface area contributed by atoms with Crippen LogP contribution >= 0.6 is 11.6 Å². The molecule has 18 heavy (non-hydrogen) atoms. The maximum absolute atomic E-state index is 9.88. The number of aryl methyl sites for hydroxylation is 1. The zero-order valence-corrected chi connectivity index (χ0v) is 12.0. The monoisotopic (exact) mass is 271 g/mol. The highest BCUT2D eigenvalue weighted by Gasteiger charge is 2.12. The number of nitrogens with one attached hydrogen (secondary N) is 1. The number of aliphatic hydroxyl groups is 1. The van der Waals surface area contributed by atoms with Crippen LogP contribution in [0.25, 0.3) is 0 Å². The highest BCUT2D eigenvalue weighted by Crippen LogP contribution is 2.26. The van der Waals surface area contributed by atoms with E-state index in [0.29, 0.717) is 18.1 Å². The maximum atomic E-state index is 9.88. The molecule has 3 nitrogen and oxygen atoms in total. The van der Waals surface area contributed by atoms with Crippen molar-refractivity contribution in [2.45, 2.75) is 39.8 Å². The van der Waals surface area contributed by atoms with Crippen molar-refractivity contribution in [2.75, 3.05) is 6.54 Å². The minimum atomic E-state index is -0.363. The summed E-state index contributed by atoms with van der Waals surface area (Å²) in [4.78, 5) is 0. The first kappa shape index (κ1) is 15.3. The number of hydrogen-bond donors (Lipinski definition) is 3. The average molecular weight is 272 g/mol. The normalized spacial score (nSPS) is 14.5. The molecule has 0 heterocycles. The molecular weight excluding hydrogens is 250 g/mol. The van der Waals surface area contributed by atoms with Crippen LogP contribution in [0.15, 0.2) is 12.1 Å². The first-order valence-corrected chi connectivity index (χ1v) is 6.70. The van der Waals surface area contributed by atoms with Crippen molar-refractivity contribution < 1.29 is 10.2 Å². The number of aliphatic hydroxyl groups excluding tert-OH is 1. The molecule has 2 atom stereocenters. The van der Waals surface area contributed by atoms with Crippen LogP contribution in [-0.4, -0.2) is 22.9 Å². The summed E-state index contributed by atoms with van der Waals surface area (Å²) in [6, 6.07) is 3.47. The molecule has 0 saturated heterocycles. The van der Waals surface area contributed by atoms with Crippen LogP contribution in [-0.2, 0) is 6.54 Å². The van der Waals surface area contributed by atoms with Gasteiger partial charge in [0, 0.05) is 23.7 Å². The molecule has 0 radical (unpaired) electrons. The third-order valence-electron chi connectivity index (χ3n) is 3.31. The molecular formula is C14H22ClNO2. The number of hydrogen-bond acceptors (Lipinski definition) is 3. The van der Waals surface area contributed by atoms with Gasteiger partial charge in [0.05, 0.1) is 6.10 Å². The van der Waals surface area contributed by atoms with Gasteiger partial charge in [0.1, 0.15) is 5.75 Å². The fourth-order valence-electron chi connectivity index (χ4n) is 1.77. The van der Waals surface area contributed by atoms with Crippen LogP contribution in [0.3, 0.4) is 0 Å². The Balaban J connectivity index is 2.54. The second-order valence-corrected chi connectivity index (χ2v) is 5.25. The van der Waals surface area contributed by atoms with Gasteiger partial charge in [0.15, 0.2) is 0 Å². The van der Waals surface area contributed by atoms with E-state index in [2.05, 4.69) is 12.2 Å². The van der Waals surface area contributed by atoms with Crippen molar-refractivity contribution in [3.63, 3.8) is 0 Å². The van der Waals surface area contributed by atoms with Gasteiger partial charge in [-0.3, -0.25) is 0 Å². The van der Waals surface area contributed by atoms with Crippen LogP contribution in [0.1, 0.15) is 31.4 Å². The van der Waals surface area contributed by atoms with E-state index in [1.807, 2.05) is 13.8 Å². The molecule has 0 amide bonds. The zero-order valence-electron chi connectivity index (χ0n) is 11.2. The summed E-state index contributed by atoms with van der Waals surface area (Å²) in [5.74, 6) is 0.539. The predicted molar refractivity (Wildman–Crippen MR) is 75.0 cm³/mol. The summed E-state index contributed by atoms with van der Waals surface area (Å²) in [7, 11) is 0. The summed E-state index contributed by atoms with van der Waals surface area (Å²) in [6.07, 6.45) is 0.585. The summed E-state index contributed by atoms with van der Waals surface area (Å²) >= 11 is 5.95. The molecule has 2 unspecified atom stereocenters.